The molecule has 0 atom stereocenters. The topological polar surface area (TPSA) is 47.4 Å². The predicted molar refractivity (Wildman–Crippen MR) is 57.6 cm³/mol. The van der Waals surface area contributed by atoms with Crippen LogP contribution in [-0.2, 0) is 0 Å². The van der Waals surface area contributed by atoms with Gasteiger partial charge >= 0.3 is 6.03 Å². The zero-order valence-electron chi connectivity index (χ0n) is 7.90. The first-order chi connectivity index (χ1) is 5.54. The van der Waals surface area contributed by atoms with Gasteiger partial charge in [0, 0.05) is 13.1 Å². The van der Waals surface area contributed by atoms with E-state index in [1.165, 1.54) is 16.7 Å². The fourth-order valence-corrected chi connectivity index (χ4v) is 1.87. The van der Waals surface area contributed by atoms with Crippen LogP contribution in [0.3, 0.4) is 0 Å². The number of thioether (sulfide) groups is 1. The molecule has 76 valence electrons. The van der Waals surface area contributed by atoms with Gasteiger partial charge in [-0.3, -0.25) is 10.3 Å². The highest BCUT2D eigenvalue weighted by Crippen LogP contribution is 2.19. The Kier molecular flexibility index (Phi) is 4.56. The van der Waals surface area contributed by atoms with E-state index < -0.39 is 0 Å². The molecule has 1 saturated heterocycles. The maximum absolute atomic E-state index is 11.5. The van der Waals surface area contributed by atoms with Crippen LogP contribution in [0.1, 0.15) is 13.8 Å². The van der Waals surface area contributed by atoms with Crippen LogP contribution in [0.25, 0.3) is 0 Å². The quantitative estimate of drug-likeness (QED) is 0.737. The normalized spacial score (nSPS) is 17.8. The smallest absolute Gasteiger partial charge is 0.312 e. The lowest BCUT2D eigenvalue weighted by atomic mass is 10.3. The number of halogens is 1. The molecule has 1 aliphatic heterocycles. The lowest BCUT2D eigenvalue weighted by molar-refractivity contribution is 0.176. The third-order valence-corrected chi connectivity index (χ3v) is 2.76. The Labute approximate surface area is 88.6 Å². The van der Waals surface area contributed by atoms with E-state index in [2.05, 4.69) is 0 Å². The minimum absolute atomic E-state index is 0. The fraction of sp³-hybridized carbons (Fsp3) is 0.714. The molecule has 1 heterocycles. The second kappa shape index (κ2) is 4.72. The van der Waals surface area contributed by atoms with Crippen LogP contribution in [0.2, 0.25) is 0 Å². The van der Waals surface area contributed by atoms with Crippen molar-refractivity contribution in [3.63, 3.8) is 0 Å². The van der Waals surface area contributed by atoms with Crippen molar-refractivity contribution in [2.24, 2.45) is 0 Å². The molecular weight excluding hydrogens is 210 g/mol. The molecule has 13 heavy (non-hydrogen) atoms. The third kappa shape index (κ3) is 2.51. The molecule has 2 amide bonds. The number of hydrogen-bond donors (Lipinski definition) is 1. The van der Waals surface area contributed by atoms with Crippen LogP contribution in [0, 0.1) is 5.41 Å². The number of hydrogen-bond acceptors (Lipinski definition) is 3. The molecular formula is C7H14ClN3OS. The van der Waals surface area contributed by atoms with Gasteiger partial charge in [-0.2, -0.15) is 0 Å². The van der Waals surface area contributed by atoms with Crippen molar-refractivity contribution >= 4 is 35.4 Å². The first-order valence-corrected chi connectivity index (χ1v) is 4.78. The minimum atomic E-state index is -0.0752. The second-order valence-corrected chi connectivity index (χ2v) is 3.92. The highest BCUT2D eigenvalue weighted by atomic mass is 35.5. The van der Waals surface area contributed by atoms with E-state index in [1.807, 2.05) is 13.8 Å². The van der Waals surface area contributed by atoms with Crippen molar-refractivity contribution in [1.29, 1.82) is 5.41 Å². The summed E-state index contributed by atoms with van der Waals surface area (Å²) in [6.45, 7) is 3.95. The Bertz CT molecular complexity index is 222. The second-order valence-electron chi connectivity index (χ2n) is 2.98. The predicted octanol–water partition coefficient (Wildman–Crippen LogP) is 1.81. The average Bonchev–Trinajstić information content (AvgIpc) is 2.00. The summed E-state index contributed by atoms with van der Waals surface area (Å²) in [6.07, 6.45) is 0. The van der Waals surface area contributed by atoms with Crippen LogP contribution in [0.15, 0.2) is 0 Å². The molecule has 0 aromatic heterocycles. The van der Waals surface area contributed by atoms with Crippen LogP contribution >= 0.6 is 24.2 Å². The summed E-state index contributed by atoms with van der Waals surface area (Å²) in [7, 11) is 1.63. The molecule has 0 spiro atoms. The van der Waals surface area contributed by atoms with Crippen LogP contribution in [0.4, 0.5) is 4.79 Å². The van der Waals surface area contributed by atoms with Crippen molar-refractivity contribution < 1.29 is 4.79 Å². The zero-order valence-corrected chi connectivity index (χ0v) is 9.54. The van der Waals surface area contributed by atoms with Gasteiger partial charge in [0.25, 0.3) is 0 Å². The van der Waals surface area contributed by atoms with Gasteiger partial charge in [0.1, 0.15) is 0 Å². The van der Waals surface area contributed by atoms with E-state index >= 15 is 0 Å². The van der Waals surface area contributed by atoms with Crippen molar-refractivity contribution in [3.8, 4) is 0 Å². The summed E-state index contributed by atoms with van der Waals surface area (Å²) in [5.74, 6) is 0.597. The maximum atomic E-state index is 11.5. The standard InChI is InChI=1S/C7H13N3OS.ClH/c1-5(2)10-4-12-6(8)9(3)7(10)11;/h5,8H,4H2,1-3H3;1H. The number of rotatable bonds is 1. The molecule has 1 rings (SSSR count). The zero-order chi connectivity index (χ0) is 9.30. The van der Waals surface area contributed by atoms with Crippen LogP contribution in [0.5, 0.6) is 0 Å². The van der Waals surface area contributed by atoms with E-state index in [4.69, 9.17) is 5.41 Å². The summed E-state index contributed by atoms with van der Waals surface area (Å²) in [4.78, 5) is 14.6. The Hall–Kier alpha value is -0.420. The molecule has 0 bridgehead atoms. The van der Waals surface area contributed by atoms with E-state index in [-0.39, 0.29) is 24.5 Å². The molecule has 0 saturated carbocycles. The van der Waals surface area contributed by atoms with Crippen molar-refractivity contribution in [3.05, 3.63) is 0 Å². The monoisotopic (exact) mass is 223 g/mol. The highest BCUT2D eigenvalue weighted by Gasteiger charge is 2.28. The molecule has 0 aromatic rings. The minimum Gasteiger partial charge on any atom is -0.312 e. The van der Waals surface area contributed by atoms with Gasteiger partial charge in [-0.1, -0.05) is 11.8 Å². The Morgan fingerprint density at radius 3 is 2.54 bits per heavy atom. The summed E-state index contributed by atoms with van der Waals surface area (Å²) in [5.41, 5.74) is 0. The molecule has 1 aliphatic rings. The van der Waals surface area contributed by atoms with Gasteiger partial charge in [0.15, 0.2) is 5.17 Å². The van der Waals surface area contributed by atoms with Gasteiger partial charge in [0.05, 0.1) is 5.88 Å². The lowest BCUT2D eigenvalue weighted by Crippen LogP contribution is -2.50. The van der Waals surface area contributed by atoms with Gasteiger partial charge in [-0.05, 0) is 13.8 Å². The molecule has 0 radical (unpaired) electrons. The van der Waals surface area contributed by atoms with E-state index in [0.29, 0.717) is 11.0 Å². The number of carbonyl (C=O) groups is 1. The molecule has 0 aliphatic carbocycles. The third-order valence-electron chi connectivity index (χ3n) is 1.80. The first-order valence-electron chi connectivity index (χ1n) is 3.79. The van der Waals surface area contributed by atoms with Gasteiger partial charge < -0.3 is 4.90 Å². The van der Waals surface area contributed by atoms with Crippen LogP contribution in [-0.4, -0.2) is 40.0 Å². The van der Waals surface area contributed by atoms with Gasteiger partial charge in [-0.25, -0.2) is 4.79 Å². The molecule has 0 unspecified atom stereocenters. The molecule has 4 nitrogen and oxygen atoms in total. The van der Waals surface area contributed by atoms with Crippen LogP contribution < -0.4 is 0 Å². The fourth-order valence-electron chi connectivity index (χ4n) is 0.932. The number of amidine groups is 1. The average molecular weight is 224 g/mol. The summed E-state index contributed by atoms with van der Waals surface area (Å²) in [6, 6.07) is 0.134. The number of carbonyl (C=O) groups excluding carboxylic acids is 1. The molecule has 6 heteroatoms. The summed E-state index contributed by atoms with van der Waals surface area (Å²) in [5, 5.41) is 7.73. The van der Waals surface area contributed by atoms with Crippen molar-refractivity contribution in [2.75, 3.05) is 12.9 Å². The number of nitrogens with one attached hydrogen (secondary N) is 1. The van der Waals surface area contributed by atoms with E-state index in [0.717, 1.165) is 0 Å². The van der Waals surface area contributed by atoms with E-state index in [1.54, 1.807) is 11.9 Å². The maximum Gasteiger partial charge on any atom is 0.326 e. The molecule has 0 aromatic carbocycles. The van der Waals surface area contributed by atoms with Gasteiger partial charge in [-0.15, -0.1) is 12.4 Å². The molecule has 1 N–H and O–H groups in total. The Balaban J connectivity index is 0.00000144. The Morgan fingerprint density at radius 2 is 2.08 bits per heavy atom. The van der Waals surface area contributed by atoms with Crippen molar-refractivity contribution in [2.45, 2.75) is 19.9 Å². The van der Waals surface area contributed by atoms with Gasteiger partial charge in [0.2, 0.25) is 0 Å². The lowest BCUT2D eigenvalue weighted by Gasteiger charge is -2.35. The first kappa shape index (κ1) is 12.6. The largest absolute Gasteiger partial charge is 0.326 e. The SMILES string of the molecule is CC(C)N1CSC(=N)N(C)C1=O.Cl. The number of amides is 2. The summed E-state index contributed by atoms with van der Waals surface area (Å²) >= 11 is 1.38. The van der Waals surface area contributed by atoms with E-state index in [9.17, 15) is 4.79 Å². The Morgan fingerprint density at radius 1 is 1.54 bits per heavy atom. The number of urea groups is 1. The highest BCUT2D eigenvalue weighted by molar-refractivity contribution is 8.13. The van der Waals surface area contributed by atoms with Crippen molar-refractivity contribution in [1.82, 2.24) is 9.80 Å². The molecule has 1 fully saturated rings. The summed E-state index contributed by atoms with van der Waals surface area (Å²) < 4.78 is 0. The number of nitrogens with zero attached hydrogens (tertiary/aromatic N) is 2.